The van der Waals surface area contributed by atoms with Crippen molar-refractivity contribution in [2.24, 2.45) is 0 Å². The zero-order valence-corrected chi connectivity index (χ0v) is 19.8. The average molecular weight is 499 g/mol. The Balaban J connectivity index is 1.20. The van der Waals surface area contributed by atoms with Crippen molar-refractivity contribution < 1.29 is 22.8 Å². The molecule has 0 aliphatic carbocycles. The number of anilines is 1. The molecule has 2 aliphatic heterocycles. The molecule has 9 nitrogen and oxygen atoms in total. The summed E-state index contributed by atoms with van der Waals surface area (Å²) in [5.41, 5.74) is 1.38. The number of fused-ring (bicyclic) bond motifs is 2. The third kappa shape index (κ3) is 4.10. The Bertz CT molecular complexity index is 1370. The molecule has 0 radical (unpaired) electrons. The molecule has 3 heterocycles. The molecule has 11 heteroatoms. The van der Waals surface area contributed by atoms with Gasteiger partial charge >= 0.3 is 0 Å². The summed E-state index contributed by atoms with van der Waals surface area (Å²) >= 11 is 1.20. The van der Waals surface area contributed by atoms with Crippen LogP contribution < -0.4 is 5.32 Å². The normalized spacial score (nSPS) is 16.4. The maximum atomic E-state index is 12.8. The molecule has 2 aromatic carbocycles. The van der Waals surface area contributed by atoms with E-state index in [0.29, 0.717) is 46.0 Å². The lowest BCUT2D eigenvalue weighted by Gasteiger charge is -2.15. The van der Waals surface area contributed by atoms with Gasteiger partial charge in [0.15, 0.2) is 5.13 Å². The van der Waals surface area contributed by atoms with Gasteiger partial charge in [-0.25, -0.2) is 13.4 Å². The van der Waals surface area contributed by atoms with Crippen LogP contribution in [0.3, 0.4) is 0 Å². The largest absolute Gasteiger partial charge is 0.302 e. The molecule has 0 bridgehead atoms. The zero-order valence-electron chi connectivity index (χ0n) is 18.2. The van der Waals surface area contributed by atoms with Crippen molar-refractivity contribution in [1.29, 1.82) is 0 Å². The van der Waals surface area contributed by atoms with Gasteiger partial charge in [0.25, 0.3) is 11.8 Å². The summed E-state index contributed by atoms with van der Waals surface area (Å²) in [4.78, 5) is 43.0. The molecule has 3 aromatic rings. The fraction of sp³-hybridized carbons (Fsp3) is 0.304. The van der Waals surface area contributed by atoms with Crippen molar-refractivity contribution in [3.63, 3.8) is 0 Å². The molecule has 1 aromatic heterocycles. The van der Waals surface area contributed by atoms with Gasteiger partial charge in [0.1, 0.15) is 0 Å². The van der Waals surface area contributed by atoms with Crippen molar-refractivity contribution in [3.05, 3.63) is 53.6 Å². The highest BCUT2D eigenvalue weighted by atomic mass is 32.2. The van der Waals surface area contributed by atoms with Crippen LogP contribution in [0.25, 0.3) is 10.2 Å². The Labute approximate surface area is 200 Å². The fourth-order valence-corrected chi connectivity index (χ4v) is 6.76. The number of amides is 3. The van der Waals surface area contributed by atoms with E-state index in [1.807, 2.05) is 0 Å². The van der Waals surface area contributed by atoms with Crippen LogP contribution in [0.15, 0.2) is 47.4 Å². The highest BCUT2D eigenvalue weighted by Gasteiger charge is 2.34. The molecule has 1 fully saturated rings. The second kappa shape index (κ2) is 8.90. The highest BCUT2D eigenvalue weighted by molar-refractivity contribution is 7.89. The maximum absolute atomic E-state index is 12.8. The number of benzene rings is 2. The number of thiazole rings is 1. The van der Waals surface area contributed by atoms with Crippen molar-refractivity contribution in [1.82, 2.24) is 14.2 Å². The number of nitrogens with one attached hydrogen (secondary N) is 1. The highest BCUT2D eigenvalue weighted by Crippen LogP contribution is 2.30. The molecular formula is C23H22N4O5S2. The number of aromatic nitrogens is 1. The minimum atomic E-state index is -3.53. The Morgan fingerprint density at radius 3 is 2.38 bits per heavy atom. The topological polar surface area (TPSA) is 117 Å². The molecule has 0 spiro atoms. The van der Waals surface area contributed by atoms with E-state index in [9.17, 15) is 22.8 Å². The van der Waals surface area contributed by atoms with Crippen LogP contribution in [0, 0.1) is 0 Å². The summed E-state index contributed by atoms with van der Waals surface area (Å²) in [6, 6.07) is 11.5. The van der Waals surface area contributed by atoms with Gasteiger partial charge in [-0.15, -0.1) is 0 Å². The van der Waals surface area contributed by atoms with Crippen LogP contribution in [0.2, 0.25) is 0 Å². The number of sulfonamides is 1. The molecule has 1 N–H and O–H groups in total. The SMILES string of the molecule is O=C(CCCN1C(=O)c2ccccc2C1=O)Nc1nc2ccc(S(=O)(=O)N3CCCC3)cc2s1. The fourth-order valence-electron chi connectivity index (χ4n) is 4.22. The van der Waals surface area contributed by atoms with E-state index in [1.54, 1.807) is 42.5 Å². The minimum Gasteiger partial charge on any atom is -0.302 e. The predicted molar refractivity (Wildman–Crippen MR) is 127 cm³/mol. The van der Waals surface area contributed by atoms with Gasteiger partial charge in [-0.2, -0.15) is 4.31 Å². The van der Waals surface area contributed by atoms with Gasteiger partial charge in [0.2, 0.25) is 15.9 Å². The summed E-state index contributed by atoms with van der Waals surface area (Å²) in [6.07, 6.45) is 2.16. The van der Waals surface area contributed by atoms with Crippen LogP contribution in [-0.4, -0.2) is 60.0 Å². The Hall–Kier alpha value is -3.15. The smallest absolute Gasteiger partial charge is 0.261 e. The third-order valence-electron chi connectivity index (χ3n) is 5.97. The molecule has 5 rings (SSSR count). The molecule has 3 amide bonds. The van der Waals surface area contributed by atoms with E-state index in [-0.39, 0.29) is 35.6 Å². The monoisotopic (exact) mass is 498 g/mol. The van der Waals surface area contributed by atoms with Crippen molar-refractivity contribution in [2.75, 3.05) is 25.0 Å². The first-order valence-corrected chi connectivity index (χ1v) is 13.3. The lowest BCUT2D eigenvalue weighted by atomic mass is 10.1. The van der Waals surface area contributed by atoms with E-state index < -0.39 is 10.0 Å². The molecule has 176 valence electrons. The Kier molecular flexibility index (Phi) is 5.92. The summed E-state index contributed by atoms with van der Waals surface area (Å²) in [5.74, 6) is -0.973. The van der Waals surface area contributed by atoms with E-state index >= 15 is 0 Å². The number of imide groups is 1. The summed E-state index contributed by atoms with van der Waals surface area (Å²) in [7, 11) is -3.53. The van der Waals surface area contributed by atoms with Gasteiger partial charge in [0.05, 0.1) is 26.2 Å². The lowest BCUT2D eigenvalue weighted by molar-refractivity contribution is -0.116. The number of carbonyl (C=O) groups is 3. The molecule has 0 saturated carbocycles. The van der Waals surface area contributed by atoms with E-state index in [0.717, 1.165) is 17.7 Å². The summed E-state index contributed by atoms with van der Waals surface area (Å²) in [5, 5.41) is 3.10. The first kappa shape index (κ1) is 22.6. The Morgan fingerprint density at radius 2 is 1.71 bits per heavy atom. The second-order valence-electron chi connectivity index (χ2n) is 8.22. The zero-order chi connectivity index (χ0) is 23.9. The first-order chi connectivity index (χ1) is 16.3. The quantitative estimate of drug-likeness (QED) is 0.501. The van der Waals surface area contributed by atoms with Crippen LogP contribution in [0.1, 0.15) is 46.4 Å². The number of hydrogen-bond acceptors (Lipinski definition) is 7. The number of nitrogens with zero attached hydrogens (tertiary/aromatic N) is 3. The molecule has 2 aliphatic rings. The molecule has 1 saturated heterocycles. The van der Waals surface area contributed by atoms with Crippen molar-refractivity contribution >= 4 is 54.4 Å². The number of carbonyl (C=O) groups excluding carboxylic acids is 3. The number of rotatable bonds is 7. The third-order valence-corrected chi connectivity index (χ3v) is 8.80. The molecule has 0 atom stereocenters. The van der Waals surface area contributed by atoms with Crippen LogP contribution in [0.4, 0.5) is 5.13 Å². The second-order valence-corrected chi connectivity index (χ2v) is 11.2. The van der Waals surface area contributed by atoms with Crippen LogP contribution in [0.5, 0.6) is 0 Å². The first-order valence-electron chi connectivity index (χ1n) is 11.0. The van der Waals surface area contributed by atoms with Gasteiger partial charge in [-0.1, -0.05) is 23.5 Å². The predicted octanol–water partition coefficient (Wildman–Crippen LogP) is 3.10. The van der Waals surface area contributed by atoms with E-state index in [4.69, 9.17) is 0 Å². The van der Waals surface area contributed by atoms with E-state index in [2.05, 4.69) is 10.3 Å². The van der Waals surface area contributed by atoms with Crippen molar-refractivity contribution in [3.8, 4) is 0 Å². The van der Waals surface area contributed by atoms with Gasteiger partial charge in [-0.3, -0.25) is 19.3 Å². The van der Waals surface area contributed by atoms with Gasteiger partial charge < -0.3 is 5.32 Å². The van der Waals surface area contributed by atoms with Gasteiger partial charge in [0, 0.05) is 26.1 Å². The van der Waals surface area contributed by atoms with E-state index in [1.165, 1.54) is 15.6 Å². The molecule has 0 unspecified atom stereocenters. The average Bonchev–Trinajstić information content (AvgIpc) is 3.55. The summed E-state index contributed by atoms with van der Waals surface area (Å²) in [6.45, 7) is 1.22. The maximum Gasteiger partial charge on any atom is 0.261 e. The standard InChI is InChI=1S/C23H22N4O5S2/c28-20(8-5-13-27-21(29)16-6-1-2-7-17(16)22(27)30)25-23-24-18-10-9-15(14-19(18)33-23)34(31,32)26-11-3-4-12-26/h1-2,6-7,9-10,14H,3-5,8,11-13H2,(H,24,25,28). The molecule has 34 heavy (non-hydrogen) atoms. The van der Waals surface area contributed by atoms with Crippen molar-refractivity contribution in [2.45, 2.75) is 30.6 Å². The molecular weight excluding hydrogens is 476 g/mol. The lowest BCUT2D eigenvalue weighted by Crippen LogP contribution is -2.31. The van der Waals surface area contributed by atoms with Crippen LogP contribution in [-0.2, 0) is 14.8 Å². The number of hydrogen-bond donors (Lipinski definition) is 1. The van der Waals surface area contributed by atoms with Gasteiger partial charge in [-0.05, 0) is 49.6 Å². The summed E-state index contributed by atoms with van der Waals surface area (Å²) < 4.78 is 27.8. The van der Waals surface area contributed by atoms with Crippen LogP contribution >= 0.6 is 11.3 Å². The Morgan fingerprint density at radius 1 is 1.03 bits per heavy atom. The minimum absolute atomic E-state index is 0.109.